The molecule has 1 aromatic carbocycles. The number of likely N-dealkylation sites (tertiary alicyclic amines) is 1. The molecule has 0 spiro atoms. The van der Waals surface area contributed by atoms with Crippen LogP contribution in [0, 0.1) is 5.92 Å². The largest absolute Gasteiger partial charge is 0.384 e. The molecule has 1 N–H and O–H groups in total. The molecule has 0 radical (unpaired) electrons. The van der Waals surface area contributed by atoms with Crippen molar-refractivity contribution in [3.8, 4) is 0 Å². The highest BCUT2D eigenvalue weighted by Crippen LogP contribution is 2.48. The van der Waals surface area contributed by atoms with E-state index in [1.165, 1.54) is 24.8 Å². The van der Waals surface area contributed by atoms with Gasteiger partial charge in [-0.15, -0.1) is 24.0 Å². The number of aliphatic imine (C=N–C) groups is 1. The summed E-state index contributed by atoms with van der Waals surface area (Å²) < 4.78 is 5.31. The standard InChI is InChI=1S/C19H29N3O.HI/c1-3-20-18(22-12-9-16(13-22)14-23-2)21-15-19(10-11-19)17-7-5-4-6-8-17;/h4-8,16H,3,9-15H2,1-2H3,(H,20,21);1H. The zero-order valence-electron chi connectivity index (χ0n) is 14.8. The lowest BCUT2D eigenvalue weighted by atomic mass is 9.96. The van der Waals surface area contributed by atoms with E-state index in [9.17, 15) is 0 Å². The van der Waals surface area contributed by atoms with Crippen molar-refractivity contribution in [3.63, 3.8) is 0 Å². The van der Waals surface area contributed by atoms with Crippen LogP contribution >= 0.6 is 24.0 Å². The van der Waals surface area contributed by atoms with E-state index in [-0.39, 0.29) is 29.4 Å². The van der Waals surface area contributed by atoms with Gasteiger partial charge in [0.2, 0.25) is 0 Å². The molecule has 3 rings (SSSR count). The average Bonchev–Trinajstić information content (AvgIpc) is 3.24. The number of nitrogens with one attached hydrogen (secondary N) is 1. The number of nitrogens with zero attached hydrogens (tertiary/aromatic N) is 2. The van der Waals surface area contributed by atoms with Gasteiger partial charge in [0, 0.05) is 38.1 Å². The van der Waals surface area contributed by atoms with Gasteiger partial charge < -0.3 is 15.0 Å². The second kappa shape index (κ2) is 9.04. The lowest BCUT2D eigenvalue weighted by Crippen LogP contribution is -2.40. The Labute approximate surface area is 163 Å². The number of guanidine groups is 1. The van der Waals surface area contributed by atoms with Crippen molar-refractivity contribution in [2.75, 3.05) is 39.9 Å². The summed E-state index contributed by atoms with van der Waals surface area (Å²) in [5.41, 5.74) is 1.73. The van der Waals surface area contributed by atoms with Gasteiger partial charge in [0.1, 0.15) is 0 Å². The smallest absolute Gasteiger partial charge is 0.193 e. The van der Waals surface area contributed by atoms with E-state index in [2.05, 4.69) is 47.5 Å². The maximum atomic E-state index is 5.31. The van der Waals surface area contributed by atoms with Crippen LogP contribution in [-0.4, -0.2) is 50.8 Å². The number of ether oxygens (including phenoxy) is 1. The molecule has 1 atom stereocenters. The van der Waals surface area contributed by atoms with Crippen LogP contribution in [0.4, 0.5) is 0 Å². The van der Waals surface area contributed by atoms with Crippen LogP contribution in [0.15, 0.2) is 35.3 Å². The Hall–Kier alpha value is -0.820. The summed E-state index contributed by atoms with van der Waals surface area (Å²) in [4.78, 5) is 7.39. The highest BCUT2D eigenvalue weighted by atomic mass is 127. The number of halogens is 1. The summed E-state index contributed by atoms with van der Waals surface area (Å²) in [6.07, 6.45) is 3.71. The lowest BCUT2D eigenvalue weighted by molar-refractivity contribution is 0.157. The lowest BCUT2D eigenvalue weighted by Gasteiger charge is -2.23. The van der Waals surface area contributed by atoms with Gasteiger partial charge >= 0.3 is 0 Å². The van der Waals surface area contributed by atoms with Gasteiger partial charge in [-0.05, 0) is 31.7 Å². The third kappa shape index (κ3) is 4.63. The van der Waals surface area contributed by atoms with Gasteiger partial charge in [-0.2, -0.15) is 0 Å². The number of methoxy groups -OCH3 is 1. The first-order chi connectivity index (χ1) is 11.3. The Balaban J connectivity index is 0.00000208. The normalized spacial score (nSPS) is 22.2. The SMILES string of the molecule is CCNC(=NCC1(c2ccccc2)CC1)N1CCC(COC)C1.I. The molecule has 4 nitrogen and oxygen atoms in total. The molecule has 1 saturated heterocycles. The molecular formula is C19H30IN3O. The van der Waals surface area contributed by atoms with Gasteiger partial charge in [0.05, 0.1) is 13.2 Å². The van der Waals surface area contributed by atoms with E-state index in [0.717, 1.165) is 38.7 Å². The topological polar surface area (TPSA) is 36.9 Å². The molecule has 1 unspecified atom stereocenters. The molecule has 1 heterocycles. The third-order valence-electron chi connectivity index (χ3n) is 5.09. The van der Waals surface area contributed by atoms with Crippen molar-refractivity contribution in [1.82, 2.24) is 10.2 Å². The van der Waals surface area contributed by atoms with Crippen molar-refractivity contribution in [1.29, 1.82) is 0 Å². The first kappa shape index (κ1) is 19.5. The monoisotopic (exact) mass is 443 g/mol. The zero-order valence-corrected chi connectivity index (χ0v) is 17.2. The van der Waals surface area contributed by atoms with Crippen LogP contribution in [0.25, 0.3) is 0 Å². The first-order valence-corrected chi connectivity index (χ1v) is 8.85. The maximum Gasteiger partial charge on any atom is 0.193 e. The molecule has 1 aliphatic heterocycles. The summed E-state index contributed by atoms with van der Waals surface area (Å²) in [5.74, 6) is 1.71. The van der Waals surface area contributed by atoms with E-state index in [4.69, 9.17) is 9.73 Å². The molecular weight excluding hydrogens is 413 g/mol. The fourth-order valence-corrected chi connectivity index (χ4v) is 3.53. The van der Waals surface area contributed by atoms with Crippen LogP contribution in [0.3, 0.4) is 0 Å². The highest BCUT2D eigenvalue weighted by molar-refractivity contribution is 14.0. The molecule has 134 valence electrons. The van der Waals surface area contributed by atoms with Crippen molar-refractivity contribution < 1.29 is 4.74 Å². The minimum absolute atomic E-state index is 0. The van der Waals surface area contributed by atoms with E-state index < -0.39 is 0 Å². The van der Waals surface area contributed by atoms with Gasteiger partial charge in [0.25, 0.3) is 0 Å². The molecule has 2 fully saturated rings. The van der Waals surface area contributed by atoms with Gasteiger partial charge in [-0.1, -0.05) is 30.3 Å². The van der Waals surface area contributed by atoms with E-state index >= 15 is 0 Å². The minimum Gasteiger partial charge on any atom is -0.384 e. The predicted octanol–water partition coefficient (Wildman–Crippen LogP) is 3.27. The molecule has 1 saturated carbocycles. The first-order valence-electron chi connectivity index (χ1n) is 8.85. The molecule has 0 aromatic heterocycles. The summed E-state index contributed by atoms with van der Waals surface area (Å²) in [5, 5.41) is 3.47. The Bertz CT molecular complexity index is 531. The van der Waals surface area contributed by atoms with Crippen LogP contribution in [0.5, 0.6) is 0 Å². The van der Waals surface area contributed by atoms with Crippen LogP contribution < -0.4 is 5.32 Å². The maximum absolute atomic E-state index is 5.31. The molecule has 1 aliphatic carbocycles. The Morgan fingerprint density at radius 3 is 2.71 bits per heavy atom. The van der Waals surface area contributed by atoms with Crippen molar-refractivity contribution in [3.05, 3.63) is 35.9 Å². The minimum atomic E-state index is 0. The average molecular weight is 443 g/mol. The van der Waals surface area contributed by atoms with Gasteiger partial charge in [-0.25, -0.2) is 0 Å². The Kier molecular flexibility index (Phi) is 7.34. The van der Waals surface area contributed by atoms with Gasteiger partial charge in [0.15, 0.2) is 5.96 Å². The van der Waals surface area contributed by atoms with Crippen molar-refractivity contribution in [2.24, 2.45) is 10.9 Å². The fraction of sp³-hybridized carbons (Fsp3) is 0.632. The zero-order chi connectivity index (χ0) is 16.1. The van der Waals surface area contributed by atoms with Gasteiger partial charge in [-0.3, -0.25) is 4.99 Å². The predicted molar refractivity (Wildman–Crippen MR) is 110 cm³/mol. The van der Waals surface area contributed by atoms with E-state index in [0.29, 0.717) is 5.92 Å². The summed E-state index contributed by atoms with van der Waals surface area (Å²) in [6.45, 7) is 6.94. The molecule has 2 aliphatic rings. The van der Waals surface area contributed by atoms with Crippen LogP contribution in [0.2, 0.25) is 0 Å². The Morgan fingerprint density at radius 2 is 2.08 bits per heavy atom. The van der Waals surface area contributed by atoms with Crippen molar-refractivity contribution in [2.45, 2.75) is 31.6 Å². The molecule has 0 amide bonds. The molecule has 5 heteroatoms. The fourth-order valence-electron chi connectivity index (χ4n) is 3.53. The molecule has 1 aromatic rings. The molecule has 0 bridgehead atoms. The molecule has 24 heavy (non-hydrogen) atoms. The second-order valence-electron chi connectivity index (χ2n) is 6.87. The summed E-state index contributed by atoms with van der Waals surface area (Å²) in [7, 11) is 1.79. The third-order valence-corrected chi connectivity index (χ3v) is 5.09. The van der Waals surface area contributed by atoms with E-state index in [1.54, 1.807) is 7.11 Å². The Morgan fingerprint density at radius 1 is 1.33 bits per heavy atom. The number of benzene rings is 1. The highest BCUT2D eigenvalue weighted by Gasteiger charge is 2.44. The van der Waals surface area contributed by atoms with Crippen molar-refractivity contribution >= 4 is 29.9 Å². The van der Waals surface area contributed by atoms with Crippen LogP contribution in [-0.2, 0) is 10.2 Å². The number of hydrogen-bond acceptors (Lipinski definition) is 2. The quantitative estimate of drug-likeness (QED) is 0.417. The number of hydrogen-bond donors (Lipinski definition) is 1. The summed E-state index contributed by atoms with van der Waals surface area (Å²) in [6, 6.07) is 10.9. The number of rotatable bonds is 6. The second-order valence-corrected chi connectivity index (χ2v) is 6.87. The van der Waals surface area contributed by atoms with Crippen LogP contribution in [0.1, 0.15) is 31.7 Å². The van der Waals surface area contributed by atoms with E-state index in [1.807, 2.05) is 0 Å². The summed E-state index contributed by atoms with van der Waals surface area (Å²) >= 11 is 0.